The van der Waals surface area contributed by atoms with Crippen molar-refractivity contribution in [3.63, 3.8) is 0 Å². The number of phenolic OH excluding ortho intramolecular Hbond substituents is 1. The highest BCUT2D eigenvalue weighted by atomic mass is 16.5. The molecule has 0 aliphatic carbocycles. The third-order valence-electron chi connectivity index (χ3n) is 5.13. The Kier molecular flexibility index (Phi) is 5.09. The molecule has 168 valence electrons. The van der Waals surface area contributed by atoms with Gasteiger partial charge in [0, 0.05) is 29.8 Å². The number of rotatable bonds is 4. The normalized spacial score (nSPS) is 12.7. The van der Waals surface area contributed by atoms with Crippen molar-refractivity contribution in [2.75, 3.05) is 30.5 Å². The van der Waals surface area contributed by atoms with Crippen LogP contribution in [0.5, 0.6) is 28.7 Å². The Morgan fingerprint density at radius 2 is 2.06 bits per heavy atom. The van der Waals surface area contributed by atoms with E-state index in [9.17, 15) is 9.90 Å². The number of aryl methyl sites for hydroxylation is 1. The van der Waals surface area contributed by atoms with Crippen LogP contribution in [0.3, 0.4) is 0 Å². The van der Waals surface area contributed by atoms with Crippen LogP contribution in [-0.4, -0.2) is 41.5 Å². The number of phenols is 1. The second kappa shape index (κ2) is 8.23. The van der Waals surface area contributed by atoms with Gasteiger partial charge < -0.3 is 23.8 Å². The van der Waals surface area contributed by atoms with E-state index < -0.39 is 0 Å². The van der Waals surface area contributed by atoms with Crippen molar-refractivity contribution in [1.29, 1.82) is 0 Å². The number of carbonyl (C=O) groups excluding carboxylic acids is 1. The Balaban J connectivity index is 1.41. The SMILES string of the molecule is COc1cc2c(Oc3ccc4c(c3)OCCN4C(=O)Nc3cc(C)on3)ccnc2cc1O. The topological polar surface area (TPSA) is 119 Å². The lowest BCUT2D eigenvalue weighted by Crippen LogP contribution is -2.40. The van der Waals surface area contributed by atoms with Crippen molar-refractivity contribution in [2.24, 2.45) is 0 Å². The maximum absolute atomic E-state index is 12.8. The molecule has 4 aromatic rings. The fraction of sp³-hybridized carbons (Fsp3) is 0.174. The van der Waals surface area contributed by atoms with E-state index in [4.69, 9.17) is 18.7 Å². The average molecular weight is 448 g/mol. The largest absolute Gasteiger partial charge is 0.504 e. The third-order valence-corrected chi connectivity index (χ3v) is 5.13. The summed E-state index contributed by atoms with van der Waals surface area (Å²) in [5, 5.41) is 17.2. The number of carbonyl (C=O) groups is 1. The van der Waals surface area contributed by atoms with Crippen LogP contribution in [0.25, 0.3) is 10.9 Å². The number of hydrogen-bond acceptors (Lipinski definition) is 8. The van der Waals surface area contributed by atoms with Gasteiger partial charge in [0.1, 0.15) is 29.6 Å². The number of benzene rings is 2. The molecule has 0 radical (unpaired) electrons. The third kappa shape index (κ3) is 3.93. The Morgan fingerprint density at radius 1 is 1.18 bits per heavy atom. The van der Waals surface area contributed by atoms with Gasteiger partial charge in [-0.25, -0.2) is 4.79 Å². The molecule has 1 aliphatic heterocycles. The molecule has 1 aliphatic rings. The lowest BCUT2D eigenvalue weighted by molar-refractivity contribution is 0.249. The minimum absolute atomic E-state index is 0.00372. The molecule has 0 unspecified atom stereocenters. The van der Waals surface area contributed by atoms with Gasteiger partial charge in [0.2, 0.25) is 0 Å². The number of fused-ring (bicyclic) bond motifs is 2. The first kappa shape index (κ1) is 20.4. The van der Waals surface area contributed by atoms with E-state index in [1.165, 1.54) is 13.2 Å². The molecule has 2 N–H and O–H groups in total. The van der Waals surface area contributed by atoms with Crippen LogP contribution in [0.15, 0.2) is 53.2 Å². The zero-order chi connectivity index (χ0) is 22.9. The van der Waals surface area contributed by atoms with Crippen molar-refractivity contribution >= 4 is 28.4 Å². The van der Waals surface area contributed by atoms with Crippen LogP contribution in [0.1, 0.15) is 5.76 Å². The van der Waals surface area contributed by atoms with E-state index >= 15 is 0 Å². The first-order chi connectivity index (χ1) is 16.0. The van der Waals surface area contributed by atoms with Crippen molar-refractivity contribution in [2.45, 2.75) is 6.92 Å². The molecule has 2 aromatic heterocycles. The predicted molar refractivity (Wildman–Crippen MR) is 120 cm³/mol. The molecule has 0 spiro atoms. The van der Waals surface area contributed by atoms with E-state index in [0.717, 1.165) is 0 Å². The van der Waals surface area contributed by atoms with Crippen LogP contribution < -0.4 is 24.4 Å². The molecular weight excluding hydrogens is 428 g/mol. The molecule has 3 heterocycles. The molecule has 10 nitrogen and oxygen atoms in total. The van der Waals surface area contributed by atoms with Crippen molar-refractivity contribution in [3.05, 3.63) is 54.4 Å². The van der Waals surface area contributed by atoms with Crippen LogP contribution in [-0.2, 0) is 0 Å². The lowest BCUT2D eigenvalue weighted by Gasteiger charge is -2.29. The van der Waals surface area contributed by atoms with E-state index in [1.54, 1.807) is 54.4 Å². The molecule has 0 saturated carbocycles. The zero-order valence-corrected chi connectivity index (χ0v) is 17.9. The highest BCUT2D eigenvalue weighted by molar-refractivity contribution is 6.02. The molecule has 0 atom stereocenters. The number of hydrogen-bond donors (Lipinski definition) is 2. The molecule has 2 aromatic carbocycles. The van der Waals surface area contributed by atoms with Gasteiger partial charge >= 0.3 is 6.03 Å². The summed E-state index contributed by atoms with van der Waals surface area (Å²) in [6.45, 7) is 2.46. The predicted octanol–water partition coefficient (Wildman–Crippen LogP) is 4.47. The minimum atomic E-state index is -0.339. The summed E-state index contributed by atoms with van der Waals surface area (Å²) in [5.74, 6) is 2.82. The summed E-state index contributed by atoms with van der Waals surface area (Å²) in [6, 6.07) is 11.4. The van der Waals surface area contributed by atoms with Gasteiger partial charge in [-0.1, -0.05) is 5.16 Å². The van der Waals surface area contributed by atoms with Crippen LogP contribution >= 0.6 is 0 Å². The smallest absolute Gasteiger partial charge is 0.327 e. The van der Waals surface area contributed by atoms with E-state index in [-0.39, 0.29) is 11.8 Å². The molecule has 5 rings (SSSR count). The number of urea groups is 1. The summed E-state index contributed by atoms with van der Waals surface area (Å²) >= 11 is 0. The summed E-state index contributed by atoms with van der Waals surface area (Å²) in [5.41, 5.74) is 1.17. The van der Waals surface area contributed by atoms with Crippen LogP contribution in [0.2, 0.25) is 0 Å². The molecule has 33 heavy (non-hydrogen) atoms. The molecule has 0 bridgehead atoms. The molecule has 0 saturated heterocycles. The Morgan fingerprint density at radius 3 is 2.85 bits per heavy atom. The van der Waals surface area contributed by atoms with Gasteiger partial charge in [-0.3, -0.25) is 15.2 Å². The van der Waals surface area contributed by atoms with E-state index in [2.05, 4.69) is 15.5 Å². The van der Waals surface area contributed by atoms with Gasteiger partial charge in [-0.05, 0) is 31.2 Å². The molecule has 2 amide bonds. The lowest BCUT2D eigenvalue weighted by atomic mass is 10.1. The minimum Gasteiger partial charge on any atom is -0.504 e. The second-order valence-electron chi connectivity index (χ2n) is 7.33. The van der Waals surface area contributed by atoms with Crippen molar-refractivity contribution in [3.8, 4) is 28.7 Å². The Hall–Kier alpha value is -4.47. The zero-order valence-electron chi connectivity index (χ0n) is 17.9. The number of ether oxygens (including phenoxy) is 3. The molecule has 10 heteroatoms. The van der Waals surface area contributed by atoms with Gasteiger partial charge in [-0.2, -0.15) is 0 Å². The average Bonchev–Trinajstić information content (AvgIpc) is 3.22. The number of anilines is 2. The maximum Gasteiger partial charge on any atom is 0.327 e. The summed E-state index contributed by atoms with van der Waals surface area (Å²) in [7, 11) is 1.48. The first-order valence-electron chi connectivity index (χ1n) is 10.1. The number of amides is 2. The van der Waals surface area contributed by atoms with Gasteiger partial charge in [0.05, 0.1) is 24.9 Å². The highest BCUT2D eigenvalue weighted by Gasteiger charge is 2.25. The fourth-order valence-corrected chi connectivity index (χ4v) is 3.59. The van der Waals surface area contributed by atoms with Gasteiger partial charge in [0.25, 0.3) is 0 Å². The monoisotopic (exact) mass is 448 g/mol. The van der Waals surface area contributed by atoms with Gasteiger partial charge in [-0.15, -0.1) is 0 Å². The van der Waals surface area contributed by atoms with Crippen LogP contribution in [0, 0.1) is 6.92 Å². The van der Waals surface area contributed by atoms with Crippen LogP contribution in [0.4, 0.5) is 16.3 Å². The van der Waals surface area contributed by atoms with Gasteiger partial charge in [0.15, 0.2) is 17.3 Å². The fourth-order valence-electron chi connectivity index (χ4n) is 3.59. The second-order valence-corrected chi connectivity index (χ2v) is 7.33. The number of nitrogens with zero attached hydrogens (tertiary/aromatic N) is 3. The Bertz CT molecular complexity index is 1350. The summed E-state index contributed by atoms with van der Waals surface area (Å²) < 4.78 is 22.1. The first-order valence-corrected chi connectivity index (χ1v) is 10.1. The van der Waals surface area contributed by atoms with Crippen molar-refractivity contribution < 1.29 is 28.6 Å². The number of nitrogens with one attached hydrogen (secondary N) is 1. The van der Waals surface area contributed by atoms with E-state index in [1.807, 2.05) is 0 Å². The number of aromatic hydroxyl groups is 1. The maximum atomic E-state index is 12.8. The standard InChI is InChI=1S/C23H20N4O6/c1-13-9-22(26-33-13)25-23(29)27-7-8-31-20-10-14(3-4-17(20)27)32-19-5-6-24-16-12-18(28)21(30-2)11-15(16)19/h3-6,9-12,28H,7-8H2,1-2H3,(H,25,26,29). The summed E-state index contributed by atoms with van der Waals surface area (Å²) in [4.78, 5) is 18.6. The Labute approximate surface area is 188 Å². The molecular formula is C23H20N4O6. The highest BCUT2D eigenvalue weighted by Crippen LogP contribution is 2.39. The number of methoxy groups -OCH3 is 1. The summed E-state index contributed by atoms with van der Waals surface area (Å²) in [6.07, 6.45) is 1.59. The molecule has 0 fully saturated rings. The van der Waals surface area contributed by atoms with Crippen molar-refractivity contribution in [1.82, 2.24) is 10.1 Å². The number of pyridine rings is 1. The quantitative estimate of drug-likeness (QED) is 0.469. The number of aromatic nitrogens is 2. The van der Waals surface area contributed by atoms with E-state index in [0.29, 0.717) is 64.3 Å².